The highest BCUT2D eigenvalue weighted by atomic mass is 32.2. The molecule has 0 radical (unpaired) electrons. The van der Waals surface area contributed by atoms with Gasteiger partial charge in [0.2, 0.25) is 15.9 Å². The Bertz CT molecular complexity index is 1150. The lowest BCUT2D eigenvalue weighted by Crippen LogP contribution is -2.31. The van der Waals surface area contributed by atoms with Crippen LogP contribution in [0.25, 0.3) is 11.5 Å². The second-order valence-corrected chi connectivity index (χ2v) is 8.23. The summed E-state index contributed by atoms with van der Waals surface area (Å²) < 4.78 is 70.6. The first kappa shape index (κ1) is 19.6. The summed E-state index contributed by atoms with van der Waals surface area (Å²) in [6.45, 7) is -0.514. The molecule has 0 aliphatic carbocycles. The smallest absolute Gasteiger partial charge is 0.314 e. The maximum Gasteiger partial charge on any atom is 0.314 e. The molecule has 0 saturated heterocycles. The average Bonchev–Trinajstić information content (AvgIpc) is 3.28. The van der Waals surface area contributed by atoms with E-state index in [1.807, 2.05) is 0 Å². The number of nitrogens with zero attached hydrogens (tertiary/aromatic N) is 3. The van der Waals surface area contributed by atoms with Crippen molar-refractivity contribution < 1.29 is 31.1 Å². The number of halogens is 3. The van der Waals surface area contributed by atoms with Gasteiger partial charge < -0.3 is 9.52 Å². The van der Waals surface area contributed by atoms with Crippen molar-refractivity contribution in [3.8, 4) is 11.5 Å². The molecule has 1 N–H and O–H groups in total. The van der Waals surface area contributed by atoms with E-state index >= 15 is 0 Å². The van der Waals surface area contributed by atoms with E-state index in [2.05, 4.69) is 10.2 Å². The molecule has 3 aromatic rings. The topological polar surface area (TPSA) is 96.5 Å². The number of rotatable bonds is 5. The quantitative estimate of drug-likeness (QED) is 0.675. The number of aliphatic hydroxyl groups is 1. The third kappa shape index (κ3) is 3.41. The first-order valence-electron chi connectivity index (χ1n) is 8.44. The fourth-order valence-corrected chi connectivity index (χ4v) is 5.03. The molecule has 1 atom stereocenters. The highest BCUT2D eigenvalue weighted by Gasteiger charge is 2.40. The van der Waals surface area contributed by atoms with E-state index in [0.717, 1.165) is 4.31 Å². The fraction of sp³-hybridized carbons (Fsp3) is 0.222. The summed E-state index contributed by atoms with van der Waals surface area (Å²) >= 11 is 0. The third-order valence-electron chi connectivity index (χ3n) is 4.63. The molecule has 0 spiro atoms. The second kappa shape index (κ2) is 7.25. The van der Waals surface area contributed by atoms with Gasteiger partial charge in [0.05, 0.1) is 17.5 Å². The number of aliphatic hydroxyl groups excluding tert-OH is 1. The largest absolute Gasteiger partial charge is 0.415 e. The molecule has 2 aromatic carbocycles. The molecule has 1 aromatic heterocycles. The van der Waals surface area contributed by atoms with Gasteiger partial charge >= 0.3 is 6.43 Å². The summed E-state index contributed by atoms with van der Waals surface area (Å²) in [6, 6.07) is 8.55. The van der Waals surface area contributed by atoms with E-state index in [1.165, 1.54) is 42.5 Å². The normalized spacial score (nSPS) is 16.9. The molecule has 7 nitrogen and oxygen atoms in total. The number of aromatic nitrogens is 2. The van der Waals surface area contributed by atoms with E-state index in [9.17, 15) is 26.7 Å². The van der Waals surface area contributed by atoms with Crippen LogP contribution in [0.1, 0.15) is 29.5 Å². The summed E-state index contributed by atoms with van der Waals surface area (Å²) in [5.41, 5.74) is 1.07. The van der Waals surface area contributed by atoms with Gasteiger partial charge in [0.25, 0.3) is 5.89 Å². The van der Waals surface area contributed by atoms with Crippen LogP contribution < -0.4 is 0 Å². The van der Waals surface area contributed by atoms with Crippen LogP contribution >= 0.6 is 0 Å². The van der Waals surface area contributed by atoms with E-state index < -0.39 is 40.8 Å². The van der Waals surface area contributed by atoms with E-state index in [1.54, 1.807) is 0 Å². The lowest BCUT2D eigenvalue weighted by Gasteiger charge is -2.25. The number of alkyl halides is 2. The minimum Gasteiger partial charge on any atom is -0.415 e. The Hall–Kier alpha value is -2.76. The van der Waals surface area contributed by atoms with Crippen LogP contribution in [-0.4, -0.2) is 34.6 Å². The van der Waals surface area contributed by atoms with Crippen LogP contribution in [0.2, 0.25) is 0 Å². The summed E-state index contributed by atoms with van der Waals surface area (Å²) in [7, 11) is -4.01. The predicted molar refractivity (Wildman–Crippen MR) is 93.6 cm³/mol. The van der Waals surface area contributed by atoms with Crippen LogP contribution in [0.3, 0.4) is 0 Å². The average molecular weight is 425 g/mol. The molecular formula is C18H14F3N3O4S. The van der Waals surface area contributed by atoms with E-state index in [4.69, 9.17) is 4.42 Å². The van der Waals surface area contributed by atoms with Crippen molar-refractivity contribution in [1.29, 1.82) is 0 Å². The summed E-state index contributed by atoms with van der Waals surface area (Å²) in [5.74, 6) is -1.57. The lowest BCUT2D eigenvalue weighted by molar-refractivity contribution is 0.116. The molecule has 0 amide bonds. The maximum absolute atomic E-state index is 13.2. The van der Waals surface area contributed by atoms with Crippen molar-refractivity contribution >= 4 is 10.0 Å². The molecule has 4 rings (SSSR count). The Labute approximate surface area is 163 Å². The van der Waals surface area contributed by atoms with Gasteiger partial charge in [0.1, 0.15) is 5.82 Å². The number of sulfonamides is 1. The third-order valence-corrected chi connectivity index (χ3v) is 6.57. The minimum absolute atomic E-state index is 0.00727. The van der Waals surface area contributed by atoms with Crippen molar-refractivity contribution in [2.24, 2.45) is 0 Å². The molecule has 152 valence electrons. The van der Waals surface area contributed by atoms with Crippen LogP contribution in [0.15, 0.2) is 51.8 Å². The zero-order valence-corrected chi connectivity index (χ0v) is 15.5. The van der Waals surface area contributed by atoms with Gasteiger partial charge in [-0.15, -0.1) is 10.2 Å². The number of hydrogen-bond donors (Lipinski definition) is 1. The summed E-state index contributed by atoms with van der Waals surface area (Å²) in [5, 5.41) is 16.6. The molecule has 0 fully saturated rings. The lowest BCUT2D eigenvalue weighted by atomic mass is 10.1. The Morgan fingerprint density at radius 1 is 1.14 bits per heavy atom. The van der Waals surface area contributed by atoms with Crippen LogP contribution in [0.4, 0.5) is 13.2 Å². The van der Waals surface area contributed by atoms with Crippen LogP contribution in [-0.2, 0) is 16.6 Å². The van der Waals surface area contributed by atoms with Gasteiger partial charge in [-0.2, -0.15) is 13.1 Å². The van der Waals surface area contributed by atoms with Crippen molar-refractivity contribution in [1.82, 2.24) is 14.5 Å². The van der Waals surface area contributed by atoms with Gasteiger partial charge in [-0.05, 0) is 35.4 Å². The Balaban J connectivity index is 1.70. The minimum atomic E-state index is -4.01. The van der Waals surface area contributed by atoms with Gasteiger partial charge in [-0.1, -0.05) is 18.2 Å². The zero-order valence-electron chi connectivity index (χ0n) is 14.7. The number of benzene rings is 2. The van der Waals surface area contributed by atoms with Crippen molar-refractivity contribution in [2.45, 2.75) is 23.9 Å². The van der Waals surface area contributed by atoms with Gasteiger partial charge in [-0.25, -0.2) is 12.8 Å². The van der Waals surface area contributed by atoms with Crippen molar-refractivity contribution in [3.63, 3.8) is 0 Å². The predicted octanol–water partition coefficient (Wildman–Crippen LogP) is 3.05. The Kier molecular flexibility index (Phi) is 4.89. The van der Waals surface area contributed by atoms with Gasteiger partial charge in [0, 0.05) is 12.1 Å². The highest BCUT2D eigenvalue weighted by Crippen LogP contribution is 2.39. The molecule has 1 aliphatic rings. The Morgan fingerprint density at radius 2 is 1.86 bits per heavy atom. The molecule has 2 heterocycles. The van der Waals surface area contributed by atoms with Crippen LogP contribution in [0.5, 0.6) is 0 Å². The molecule has 1 aliphatic heterocycles. The van der Waals surface area contributed by atoms with Crippen molar-refractivity contribution in [2.75, 3.05) is 6.61 Å². The molecule has 1 unspecified atom stereocenters. The van der Waals surface area contributed by atoms with Crippen molar-refractivity contribution in [3.05, 3.63) is 65.3 Å². The van der Waals surface area contributed by atoms with Gasteiger partial charge in [0.15, 0.2) is 0 Å². The first-order chi connectivity index (χ1) is 13.8. The molecule has 11 heteroatoms. The SMILES string of the molecule is O=S1(=O)c2cc(-c3nnc(C(F)F)o3)ccc2CN1C(CO)c1ccc(F)cc1. The summed E-state index contributed by atoms with van der Waals surface area (Å²) in [6.07, 6.45) is -2.94. The first-order valence-corrected chi connectivity index (χ1v) is 9.88. The second-order valence-electron chi connectivity index (χ2n) is 6.37. The molecular weight excluding hydrogens is 411 g/mol. The summed E-state index contributed by atoms with van der Waals surface area (Å²) in [4.78, 5) is -0.0487. The van der Waals surface area contributed by atoms with E-state index in [-0.39, 0.29) is 22.9 Å². The monoisotopic (exact) mass is 425 g/mol. The fourth-order valence-electron chi connectivity index (χ4n) is 3.20. The maximum atomic E-state index is 13.2. The van der Waals surface area contributed by atoms with E-state index in [0.29, 0.717) is 11.1 Å². The Morgan fingerprint density at radius 3 is 2.48 bits per heavy atom. The van der Waals surface area contributed by atoms with Crippen LogP contribution in [0, 0.1) is 5.82 Å². The molecule has 0 bridgehead atoms. The highest BCUT2D eigenvalue weighted by molar-refractivity contribution is 7.89. The molecule has 29 heavy (non-hydrogen) atoms. The van der Waals surface area contributed by atoms with Gasteiger partial charge in [-0.3, -0.25) is 0 Å². The number of fused-ring (bicyclic) bond motifs is 1. The zero-order chi connectivity index (χ0) is 20.8. The standard InChI is InChI=1S/C18H14F3N3O4S/c19-13-5-3-10(4-6-13)14(9-25)24-8-12-2-1-11(7-15(12)29(24,26)27)17-22-23-18(28-17)16(20)21/h1-7,14,16,25H,8-9H2. The molecule has 0 saturated carbocycles. The number of hydrogen-bond acceptors (Lipinski definition) is 6.